The first kappa shape index (κ1) is 19.4. The normalized spacial score (nSPS) is 19.4. The van der Waals surface area contributed by atoms with Crippen LogP contribution in [0.1, 0.15) is 30.9 Å². The highest BCUT2D eigenvalue weighted by atomic mass is 16.5. The lowest BCUT2D eigenvalue weighted by molar-refractivity contribution is -0.116. The maximum absolute atomic E-state index is 12.0. The SMILES string of the molecule is CC(=O)N1CCN(C2CCN(CCc3cccc4c3OCC4)CC2)c2ccccc21. The fourth-order valence-electron chi connectivity index (χ4n) is 5.30. The maximum atomic E-state index is 12.0. The second-order valence-electron chi connectivity index (χ2n) is 8.68. The van der Waals surface area contributed by atoms with Gasteiger partial charge >= 0.3 is 0 Å². The van der Waals surface area contributed by atoms with Gasteiger partial charge in [-0.3, -0.25) is 4.79 Å². The lowest BCUT2D eigenvalue weighted by Gasteiger charge is -2.44. The van der Waals surface area contributed by atoms with Gasteiger partial charge in [-0.1, -0.05) is 30.3 Å². The van der Waals surface area contributed by atoms with Gasteiger partial charge in [0.25, 0.3) is 0 Å². The first-order chi connectivity index (χ1) is 14.7. The van der Waals surface area contributed by atoms with Gasteiger partial charge in [0.05, 0.1) is 18.0 Å². The highest BCUT2D eigenvalue weighted by molar-refractivity contribution is 5.96. The summed E-state index contributed by atoms with van der Waals surface area (Å²) in [5.41, 5.74) is 5.02. The van der Waals surface area contributed by atoms with Crippen molar-refractivity contribution in [3.05, 3.63) is 53.6 Å². The Morgan fingerprint density at radius 1 is 1.00 bits per heavy atom. The fraction of sp³-hybridized carbons (Fsp3) is 0.480. The minimum absolute atomic E-state index is 0.133. The second kappa shape index (κ2) is 8.31. The Bertz CT molecular complexity index is 920. The summed E-state index contributed by atoms with van der Waals surface area (Å²) in [4.78, 5) is 19.1. The van der Waals surface area contributed by atoms with Crippen LogP contribution in [0.3, 0.4) is 0 Å². The van der Waals surface area contributed by atoms with Crippen LogP contribution in [0.5, 0.6) is 5.75 Å². The zero-order chi connectivity index (χ0) is 20.5. The van der Waals surface area contributed by atoms with Gasteiger partial charge in [-0.15, -0.1) is 0 Å². The molecular formula is C25H31N3O2. The highest BCUT2D eigenvalue weighted by Crippen LogP contribution is 2.36. The number of hydrogen-bond acceptors (Lipinski definition) is 4. The van der Waals surface area contributed by atoms with Crippen LogP contribution in [0.15, 0.2) is 42.5 Å². The molecule has 3 aliphatic rings. The van der Waals surface area contributed by atoms with E-state index in [1.54, 1.807) is 6.92 Å². The molecule has 1 fully saturated rings. The molecule has 5 nitrogen and oxygen atoms in total. The molecule has 0 radical (unpaired) electrons. The predicted octanol–water partition coefficient (Wildman–Crippen LogP) is 3.50. The molecule has 0 aliphatic carbocycles. The van der Waals surface area contributed by atoms with Gasteiger partial charge in [0.15, 0.2) is 0 Å². The largest absolute Gasteiger partial charge is 0.493 e. The molecule has 0 unspecified atom stereocenters. The number of carbonyl (C=O) groups excluding carboxylic acids is 1. The summed E-state index contributed by atoms with van der Waals surface area (Å²) >= 11 is 0. The molecule has 5 heteroatoms. The van der Waals surface area contributed by atoms with Gasteiger partial charge in [0.1, 0.15) is 5.75 Å². The summed E-state index contributed by atoms with van der Waals surface area (Å²) in [6, 6.07) is 15.5. The molecule has 2 aromatic carbocycles. The molecule has 30 heavy (non-hydrogen) atoms. The predicted molar refractivity (Wildman–Crippen MR) is 121 cm³/mol. The average Bonchev–Trinajstić information content (AvgIpc) is 3.27. The van der Waals surface area contributed by atoms with E-state index >= 15 is 0 Å². The van der Waals surface area contributed by atoms with Crippen molar-refractivity contribution in [1.29, 1.82) is 0 Å². The van der Waals surface area contributed by atoms with Crippen molar-refractivity contribution in [3.63, 3.8) is 0 Å². The van der Waals surface area contributed by atoms with Crippen molar-refractivity contribution in [2.45, 2.75) is 38.6 Å². The van der Waals surface area contributed by atoms with Crippen LogP contribution in [0, 0.1) is 0 Å². The fourth-order valence-corrected chi connectivity index (χ4v) is 5.30. The smallest absolute Gasteiger partial charge is 0.223 e. The third kappa shape index (κ3) is 3.67. The van der Waals surface area contributed by atoms with Gasteiger partial charge in [0.2, 0.25) is 5.91 Å². The number of benzene rings is 2. The minimum atomic E-state index is 0.133. The van der Waals surface area contributed by atoms with Crippen LogP contribution in [0.25, 0.3) is 0 Å². The van der Waals surface area contributed by atoms with Crippen molar-refractivity contribution in [2.24, 2.45) is 0 Å². The molecule has 0 saturated carbocycles. The van der Waals surface area contributed by atoms with Gasteiger partial charge < -0.3 is 19.4 Å². The summed E-state index contributed by atoms with van der Waals surface area (Å²) in [7, 11) is 0. The van der Waals surface area contributed by atoms with Crippen LogP contribution >= 0.6 is 0 Å². The van der Waals surface area contributed by atoms with Crippen molar-refractivity contribution in [2.75, 3.05) is 49.1 Å². The summed E-state index contributed by atoms with van der Waals surface area (Å²) in [5, 5.41) is 0. The van der Waals surface area contributed by atoms with Crippen LogP contribution < -0.4 is 14.5 Å². The number of ether oxygens (including phenoxy) is 1. The Kier molecular flexibility index (Phi) is 5.38. The molecule has 2 aromatic rings. The molecule has 0 atom stereocenters. The highest BCUT2D eigenvalue weighted by Gasteiger charge is 2.31. The van der Waals surface area contributed by atoms with E-state index in [0.717, 1.165) is 63.6 Å². The number of piperidine rings is 1. The Morgan fingerprint density at radius 2 is 1.80 bits per heavy atom. The van der Waals surface area contributed by atoms with E-state index in [9.17, 15) is 4.79 Å². The summed E-state index contributed by atoms with van der Waals surface area (Å²) in [6.45, 7) is 7.57. The number of fused-ring (bicyclic) bond motifs is 2. The number of rotatable bonds is 4. The molecule has 0 bridgehead atoms. The quantitative estimate of drug-likeness (QED) is 0.780. The Labute approximate surface area is 179 Å². The lowest BCUT2D eigenvalue weighted by atomic mass is 9.99. The van der Waals surface area contributed by atoms with Gasteiger partial charge in [-0.25, -0.2) is 0 Å². The van der Waals surface area contributed by atoms with Gasteiger partial charge in [-0.05, 0) is 42.5 Å². The molecule has 3 heterocycles. The van der Waals surface area contributed by atoms with Crippen molar-refractivity contribution in [1.82, 2.24) is 4.90 Å². The number of nitrogens with zero attached hydrogens (tertiary/aromatic N) is 3. The molecular weight excluding hydrogens is 374 g/mol. The Morgan fingerprint density at radius 3 is 2.60 bits per heavy atom. The molecule has 0 spiro atoms. The molecule has 3 aliphatic heterocycles. The topological polar surface area (TPSA) is 36.0 Å². The number of carbonyl (C=O) groups is 1. The Hall–Kier alpha value is -2.53. The molecule has 1 amide bonds. The average molecular weight is 406 g/mol. The first-order valence-corrected chi connectivity index (χ1v) is 11.3. The third-order valence-electron chi connectivity index (χ3n) is 6.92. The van der Waals surface area contributed by atoms with Crippen molar-refractivity contribution < 1.29 is 9.53 Å². The van der Waals surface area contributed by atoms with E-state index in [1.807, 2.05) is 11.0 Å². The number of amides is 1. The second-order valence-corrected chi connectivity index (χ2v) is 8.68. The van der Waals surface area contributed by atoms with E-state index in [-0.39, 0.29) is 5.91 Å². The van der Waals surface area contributed by atoms with E-state index in [4.69, 9.17) is 4.74 Å². The molecule has 0 N–H and O–H groups in total. The van der Waals surface area contributed by atoms with Gasteiger partial charge in [0, 0.05) is 52.1 Å². The van der Waals surface area contributed by atoms with Crippen LogP contribution in [-0.2, 0) is 17.6 Å². The monoisotopic (exact) mass is 405 g/mol. The molecule has 0 aromatic heterocycles. The third-order valence-corrected chi connectivity index (χ3v) is 6.92. The van der Waals surface area contributed by atoms with E-state index in [2.05, 4.69) is 46.2 Å². The van der Waals surface area contributed by atoms with Crippen LogP contribution in [-0.4, -0.2) is 56.2 Å². The standard InChI is InChI=1S/C25H31N3O2/c1-19(29)27-16-17-28(24-8-3-2-7-23(24)27)22-10-14-26(15-11-22)13-9-20-5-4-6-21-12-18-30-25(20)21/h2-8,22H,9-18H2,1H3. The van der Waals surface area contributed by atoms with E-state index in [1.165, 1.54) is 29.7 Å². The number of anilines is 2. The van der Waals surface area contributed by atoms with Crippen LogP contribution in [0.4, 0.5) is 11.4 Å². The number of hydrogen-bond donors (Lipinski definition) is 0. The van der Waals surface area contributed by atoms with Crippen molar-refractivity contribution in [3.8, 4) is 5.75 Å². The lowest BCUT2D eigenvalue weighted by Crippen LogP contribution is -2.51. The zero-order valence-electron chi connectivity index (χ0n) is 17.8. The van der Waals surface area contributed by atoms with Gasteiger partial charge in [-0.2, -0.15) is 0 Å². The van der Waals surface area contributed by atoms with E-state index < -0.39 is 0 Å². The number of para-hydroxylation sites is 3. The number of likely N-dealkylation sites (tertiary alicyclic amines) is 1. The summed E-state index contributed by atoms with van der Waals surface area (Å²) < 4.78 is 5.87. The Balaban J connectivity index is 1.20. The maximum Gasteiger partial charge on any atom is 0.223 e. The minimum Gasteiger partial charge on any atom is -0.493 e. The molecule has 5 rings (SSSR count). The summed E-state index contributed by atoms with van der Waals surface area (Å²) in [6.07, 6.45) is 4.47. The van der Waals surface area contributed by atoms with E-state index in [0.29, 0.717) is 6.04 Å². The molecule has 1 saturated heterocycles. The zero-order valence-corrected chi connectivity index (χ0v) is 17.8. The first-order valence-electron chi connectivity index (χ1n) is 11.3. The summed E-state index contributed by atoms with van der Waals surface area (Å²) in [5.74, 6) is 1.28. The van der Waals surface area contributed by atoms with Crippen LogP contribution in [0.2, 0.25) is 0 Å². The van der Waals surface area contributed by atoms with Crippen molar-refractivity contribution >= 4 is 17.3 Å². The molecule has 158 valence electrons.